The van der Waals surface area contributed by atoms with Crippen LogP contribution in [0.2, 0.25) is 5.15 Å². The molecule has 21 heavy (non-hydrogen) atoms. The number of fused-ring (bicyclic) bond motifs is 1. The maximum absolute atomic E-state index is 6.29. The second kappa shape index (κ2) is 5.72. The first-order valence-electron chi connectivity index (χ1n) is 7.04. The van der Waals surface area contributed by atoms with Gasteiger partial charge < -0.3 is 4.90 Å². The van der Waals surface area contributed by atoms with Gasteiger partial charge in [0.25, 0.3) is 0 Å². The zero-order valence-electron chi connectivity index (χ0n) is 12.3. The Morgan fingerprint density at radius 2 is 2.05 bits per heavy atom. The van der Waals surface area contributed by atoms with E-state index in [9.17, 15) is 0 Å². The first-order chi connectivity index (χ1) is 9.97. The molecule has 0 amide bonds. The predicted octanol–water partition coefficient (Wildman–Crippen LogP) is 4.52. The molecule has 5 heteroatoms. The Morgan fingerprint density at radius 3 is 2.76 bits per heavy atom. The molecule has 3 nitrogen and oxygen atoms in total. The number of benzene rings is 1. The Kier molecular flexibility index (Phi) is 4.10. The number of likely N-dealkylation sites (N-methyl/N-ethyl adjacent to an activating group) is 1. The molecule has 0 radical (unpaired) electrons. The molecule has 110 valence electrons. The maximum Gasteiger partial charge on any atom is 0.161 e. The van der Waals surface area contributed by atoms with Crippen molar-refractivity contribution >= 4 is 39.9 Å². The van der Waals surface area contributed by atoms with Crippen LogP contribution in [0.15, 0.2) is 18.2 Å². The fourth-order valence-corrected chi connectivity index (χ4v) is 3.69. The van der Waals surface area contributed by atoms with Crippen LogP contribution in [0.3, 0.4) is 0 Å². The van der Waals surface area contributed by atoms with Crippen molar-refractivity contribution in [3.05, 3.63) is 38.2 Å². The van der Waals surface area contributed by atoms with Gasteiger partial charge in [0.05, 0.1) is 9.26 Å². The Hall–Kier alpha value is -0.880. The summed E-state index contributed by atoms with van der Waals surface area (Å²) in [5.41, 5.74) is 4.73. The van der Waals surface area contributed by atoms with Gasteiger partial charge in [0.2, 0.25) is 0 Å². The molecule has 3 rings (SSSR count). The van der Waals surface area contributed by atoms with Crippen LogP contribution in [0.1, 0.15) is 31.0 Å². The molecule has 0 saturated carbocycles. The highest BCUT2D eigenvalue weighted by atomic mass is 127. The molecule has 1 aromatic heterocycles. The van der Waals surface area contributed by atoms with Crippen LogP contribution in [0, 0.1) is 3.57 Å². The van der Waals surface area contributed by atoms with E-state index < -0.39 is 0 Å². The summed E-state index contributed by atoms with van der Waals surface area (Å²) in [6.07, 6.45) is 1.08. The lowest BCUT2D eigenvalue weighted by Crippen LogP contribution is -2.12. The topological polar surface area (TPSA) is 29.0 Å². The summed E-state index contributed by atoms with van der Waals surface area (Å²) >= 11 is 8.51. The minimum absolute atomic E-state index is 0.330. The Morgan fingerprint density at radius 1 is 1.29 bits per heavy atom. The van der Waals surface area contributed by atoms with Crippen molar-refractivity contribution in [2.45, 2.75) is 26.2 Å². The smallest absolute Gasteiger partial charge is 0.161 e. The summed E-state index contributed by atoms with van der Waals surface area (Å²) in [5, 5.41) is 0.543. The number of nitrogens with zero attached hydrogens (tertiary/aromatic N) is 3. The third kappa shape index (κ3) is 2.75. The maximum atomic E-state index is 6.29. The molecule has 0 spiro atoms. The van der Waals surface area contributed by atoms with Gasteiger partial charge in [-0.1, -0.05) is 25.4 Å². The fourth-order valence-electron chi connectivity index (χ4n) is 2.65. The molecule has 1 aliphatic heterocycles. The second-order valence-corrected chi connectivity index (χ2v) is 7.14. The van der Waals surface area contributed by atoms with E-state index in [4.69, 9.17) is 16.6 Å². The van der Waals surface area contributed by atoms with Crippen LogP contribution in [0.5, 0.6) is 0 Å². The van der Waals surface area contributed by atoms with E-state index >= 15 is 0 Å². The van der Waals surface area contributed by atoms with Crippen LogP contribution in [0.4, 0.5) is 5.69 Å². The predicted molar refractivity (Wildman–Crippen MR) is 96.3 cm³/mol. The average molecular weight is 414 g/mol. The van der Waals surface area contributed by atoms with Crippen LogP contribution in [-0.4, -0.2) is 23.6 Å². The average Bonchev–Trinajstić information content (AvgIpc) is 2.82. The minimum Gasteiger partial charge on any atom is -0.374 e. The number of hydrogen-bond donors (Lipinski definition) is 0. The van der Waals surface area contributed by atoms with Crippen molar-refractivity contribution < 1.29 is 0 Å². The van der Waals surface area contributed by atoms with Gasteiger partial charge in [0, 0.05) is 24.8 Å². The van der Waals surface area contributed by atoms with E-state index in [-0.39, 0.29) is 0 Å². The second-order valence-electron chi connectivity index (χ2n) is 5.71. The van der Waals surface area contributed by atoms with Gasteiger partial charge in [-0.2, -0.15) is 0 Å². The van der Waals surface area contributed by atoms with Crippen molar-refractivity contribution in [2.24, 2.45) is 0 Å². The molecule has 0 fully saturated rings. The summed E-state index contributed by atoms with van der Waals surface area (Å²) in [4.78, 5) is 11.5. The summed E-state index contributed by atoms with van der Waals surface area (Å²) in [6, 6.07) is 6.44. The summed E-state index contributed by atoms with van der Waals surface area (Å²) in [6.45, 7) is 5.33. The van der Waals surface area contributed by atoms with Crippen molar-refractivity contribution in [3.63, 3.8) is 0 Å². The molecule has 1 aliphatic rings. The van der Waals surface area contributed by atoms with Gasteiger partial charge in [-0.25, -0.2) is 9.97 Å². The monoisotopic (exact) mass is 413 g/mol. The number of anilines is 1. The summed E-state index contributed by atoms with van der Waals surface area (Å²) in [7, 11) is 2.13. The van der Waals surface area contributed by atoms with Crippen molar-refractivity contribution in [1.29, 1.82) is 0 Å². The minimum atomic E-state index is 0.330. The molecule has 0 bridgehead atoms. The molecule has 0 aliphatic carbocycles. The Bertz CT molecular complexity index is 700. The highest BCUT2D eigenvalue weighted by Crippen LogP contribution is 2.32. The third-order valence-electron chi connectivity index (χ3n) is 3.85. The third-order valence-corrected chi connectivity index (χ3v) is 5.50. The van der Waals surface area contributed by atoms with Crippen molar-refractivity contribution in [3.8, 4) is 11.4 Å². The van der Waals surface area contributed by atoms with E-state index in [0.717, 1.165) is 33.6 Å². The zero-order valence-corrected chi connectivity index (χ0v) is 15.2. The molecular weight excluding hydrogens is 397 g/mol. The van der Waals surface area contributed by atoms with E-state index in [1.54, 1.807) is 0 Å². The van der Waals surface area contributed by atoms with Crippen LogP contribution in [0.25, 0.3) is 11.4 Å². The van der Waals surface area contributed by atoms with Crippen molar-refractivity contribution in [1.82, 2.24) is 9.97 Å². The molecule has 2 aromatic rings. The summed E-state index contributed by atoms with van der Waals surface area (Å²) in [5.74, 6) is 1.05. The van der Waals surface area contributed by atoms with E-state index in [2.05, 4.69) is 71.6 Å². The van der Waals surface area contributed by atoms with E-state index in [1.165, 1.54) is 11.3 Å². The Labute approximate surface area is 143 Å². The molecule has 2 heterocycles. The van der Waals surface area contributed by atoms with Gasteiger partial charge in [0.15, 0.2) is 5.82 Å². The lowest BCUT2D eigenvalue weighted by Gasteiger charge is -2.13. The van der Waals surface area contributed by atoms with Gasteiger partial charge in [0.1, 0.15) is 5.15 Å². The number of hydrogen-bond acceptors (Lipinski definition) is 3. The SMILES string of the molecule is CC(C)c1nc(-c2ccc3c(c2)CCN3C)nc(Cl)c1I. The Balaban J connectivity index is 2.09. The lowest BCUT2D eigenvalue weighted by molar-refractivity contribution is 0.808. The van der Waals surface area contributed by atoms with Crippen LogP contribution in [-0.2, 0) is 6.42 Å². The molecule has 0 N–H and O–H groups in total. The highest BCUT2D eigenvalue weighted by molar-refractivity contribution is 14.1. The number of aromatic nitrogens is 2. The molecular formula is C16H17ClIN3. The molecule has 0 atom stereocenters. The van der Waals surface area contributed by atoms with Gasteiger partial charge in [-0.3, -0.25) is 0 Å². The lowest BCUT2D eigenvalue weighted by atomic mass is 10.1. The fraction of sp³-hybridized carbons (Fsp3) is 0.375. The van der Waals surface area contributed by atoms with E-state index in [0.29, 0.717) is 11.1 Å². The van der Waals surface area contributed by atoms with Crippen LogP contribution < -0.4 is 4.90 Å². The van der Waals surface area contributed by atoms with E-state index in [1.807, 2.05) is 0 Å². The normalized spacial score (nSPS) is 13.9. The van der Waals surface area contributed by atoms with Crippen molar-refractivity contribution in [2.75, 3.05) is 18.5 Å². The molecule has 0 saturated heterocycles. The van der Waals surface area contributed by atoms with Gasteiger partial charge in [-0.15, -0.1) is 0 Å². The van der Waals surface area contributed by atoms with Gasteiger partial charge in [-0.05, 0) is 58.7 Å². The first kappa shape index (κ1) is 15.0. The first-order valence-corrected chi connectivity index (χ1v) is 8.50. The molecule has 0 unspecified atom stereocenters. The van der Waals surface area contributed by atoms with Crippen LogP contribution >= 0.6 is 34.2 Å². The quantitative estimate of drug-likeness (QED) is 0.535. The summed E-state index contributed by atoms with van der Waals surface area (Å²) < 4.78 is 0.953. The number of rotatable bonds is 2. The van der Waals surface area contributed by atoms with Gasteiger partial charge >= 0.3 is 0 Å². The standard InChI is InChI=1S/C16H17ClIN3/c1-9(2)14-13(18)15(17)20-16(19-14)11-4-5-12-10(8-11)6-7-21(12)3/h4-5,8-9H,6-7H2,1-3H3. The number of halogens is 2. The zero-order chi connectivity index (χ0) is 15.1. The molecule has 1 aromatic carbocycles. The largest absolute Gasteiger partial charge is 0.374 e. The highest BCUT2D eigenvalue weighted by Gasteiger charge is 2.18.